The molecule has 3 aromatic rings. The van der Waals surface area contributed by atoms with Crippen LogP contribution in [0.5, 0.6) is 0 Å². The first kappa shape index (κ1) is 17.4. The van der Waals surface area contributed by atoms with Gasteiger partial charge in [0.1, 0.15) is 0 Å². The third-order valence-electron chi connectivity index (χ3n) is 3.18. The van der Waals surface area contributed by atoms with Crippen LogP contribution in [0, 0.1) is 0 Å². The third-order valence-corrected chi connectivity index (χ3v) is 5.05. The van der Waals surface area contributed by atoms with E-state index in [0.29, 0.717) is 31.6 Å². The van der Waals surface area contributed by atoms with Crippen LogP contribution in [0.1, 0.15) is 6.92 Å². The molecule has 0 aliphatic rings. The lowest BCUT2D eigenvalue weighted by molar-refractivity contribution is -0.115. The van der Waals surface area contributed by atoms with Crippen molar-refractivity contribution in [2.24, 2.45) is 0 Å². The average molecular weight is 402 g/mol. The zero-order chi connectivity index (χ0) is 17.3. The molecule has 1 N–H and O–H groups in total. The van der Waals surface area contributed by atoms with Gasteiger partial charge in [-0.15, -0.1) is 10.2 Å². The molecule has 124 valence electrons. The van der Waals surface area contributed by atoms with Crippen LogP contribution in [0.4, 0.5) is 5.69 Å². The Kier molecular flexibility index (Phi) is 5.20. The topological polar surface area (TPSA) is 59.3 Å². The predicted octanol–water partition coefficient (Wildman–Crippen LogP) is 4.81. The maximum absolute atomic E-state index is 12.4. The minimum atomic E-state index is -0.425. The Balaban J connectivity index is 1.78. The fourth-order valence-electron chi connectivity index (χ4n) is 1.99. The maximum atomic E-state index is 12.4. The monoisotopic (exact) mass is 400 g/mol. The van der Waals surface area contributed by atoms with E-state index >= 15 is 0 Å². The highest BCUT2D eigenvalue weighted by molar-refractivity contribution is 8.00. The van der Waals surface area contributed by atoms with E-state index in [1.165, 1.54) is 11.8 Å². The number of amides is 1. The van der Waals surface area contributed by atoms with Gasteiger partial charge in [-0.1, -0.05) is 58.7 Å². The van der Waals surface area contributed by atoms with Gasteiger partial charge < -0.3 is 5.32 Å². The Labute approximate surface area is 157 Å². The fourth-order valence-corrected chi connectivity index (χ4v) is 3.51. The molecular weight excluding hydrogens is 391 g/mol. The maximum Gasteiger partial charge on any atom is 0.237 e. The van der Waals surface area contributed by atoms with Gasteiger partial charge in [0, 0.05) is 6.20 Å². The molecule has 1 aromatic carbocycles. The van der Waals surface area contributed by atoms with Crippen molar-refractivity contribution in [3.63, 3.8) is 0 Å². The number of carbonyl (C=O) groups is 1. The number of hydrogen-bond donors (Lipinski definition) is 1. The van der Waals surface area contributed by atoms with Gasteiger partial charge in [-0.05, 0) is 25.1 Å². The van der Waals surface area contributed by atoms with Crippen molar-refractivity contribution in [1.82, 2.24) is 14.6 Å². The van der Waals surface area contributed by atoms with E-state index in [1.807, 2.05) is 0 Å². The number of carbonyl (C=O) groups excluding carboxylic acids is 1. The van der Waals surface area contributed by atoms with Crippen LogP contribution in [-0.4, -0.2) is 25.8 Å². The molecule has 0 aliphatic heterocycles. The SMILES string of the molecule is CC(Sc1nnc2c(Cl)cc(Cl)cn12)C(=O)Nc1ccccc1Cl. The first-order chi connectivity index (χ1) is 11.5. The van der Waals surface area contributed by atoms with E-state index in [9.17, 15) is 4.79 Å². The Morgan fingerprint density at radius 3 is 2.71 bits per heavy atom. The van der Waals surface area contributed by atoms with Crippen LogP contribution in [0.3, 0.4) is 0 Å². The lowest BCUT2D eigenvalue weighted by Crippen LogP contribution is -2.22. The minimum Gasteiger partial charge on any atom is -0.324 e. The second-order valence-electron chi connectivity index (χ2n) is 4.91. The summed E-state index contributed by atoms with van der Waals surface area (Å²) in [6.45, 7) is 1.77. The molecular formula is C15H11Cl3N4OS. The van der Waals surface area contributed by atoms with Crippen molar-refractivity contribution in [1.29, 1.82) is 0 Å². The van der Waals surface area contributed by atoms with E-state index in [0.717, 1.165) is 0 Å². The molecule has 0 saturated heterocycles. The zero-order valence-corrected chi connectivity index (χ0v) is 15.4. The van der Waals surface area contributed by atoms with E-state index in [2.05, 4.69) is 15.5 Å². The van der Waals surface area contributed by atoms with Gasteiger partial charge in [0.15, 0.2) is 10.8 Å². The molecule has 2 heterocycles. The molecule has 2 aromatic heterocycles. The number of anilines is 1. The summed E-state index contributed by atoms with van der Waals surface area (Å²) in [4.78, 5) is 12.4. The number of nitrogens with zero attached hydrogens (tertiary/aromatic N) is 3. The van der Waals surface area contributed by atoms with E-state index < -0.39 is 5.25 Å². The standard InChI is InChI=1S/C15H11Cl3N4OS/c1-8(14(23)19-12-5-3-2-4-10(12)17)24-15-21-20-13-11(18)6-9(16)7-22(13)15/h2-8H,1H3,(H,19,23). The molecule has 1 atom stereocenters. The van der Waals surface area contributed by atoms with Gasteiger partial charge in [0.25, 0.3) is 0 Å². The quantitative estimate of drug-likeness (QED) is 0.637. The van der Waals surface area contributed by atoms with Crippen molar-refractivity contribution in [2.45, 2.75) is 17.3 Å². The first-order valence-corrected chi connectivity index (χ1v) is 8.89. The summed E-state index contributed by atoms with van der Waals surface area (Å²) in [7, 11) is 0. The first-order valence-electron chi connectivity index (χ1n) is 6.87. The fraction of sp³-hybridized carbons (Fsp3) is 0.133. The minimum absolute atomic E-state index is 0.196. The van der Waals surface area contributed by atoms with Crippen LogP contribution in [0.25, 0.3) is 5.65 Å². The molecule has 0 saturated carbocycles. The molecule has 3 rings (SSSR count). The number of rotatable bonds is 4. The summed E-state index contributed by atoms with van der Waals surface area (Å²) in [6, 6.07) is 8.64. The summed E-state index contributed by atoms with van der Waals surface area (Å²) in [5.74, 6) is -0.196. The summed E-state index contributed by atoms with van der Waals surface area (Å²) in [5.41, 5.74) is 1.05. The Morgan fingerprint density at radius 2 is 1.96 bits per heavy atom. The lowest BCUT2D eigenvalue weighted by atomic mass is 10.3. The molecule has 24 heavy (non-hydrogen) atoms. The number of nitrogens with one attached hydrogen (secondary N) is 1. The molecule has 0 fully saturated rings. The van der Waals surface area contributed by atoms with Gasteiger partial charge in [0.2, 0.25) is 5.91 Å². The molecule has 9 heteroatoms. The number of pyridine rings is 1. The van der Waals surface area contributed by atoms with Gasteiger partial charge >= 0.3 is 0 Å². The van der Waals surface area contributed by atoms with Gasteiger partial charge in [-0.25, -0.2) is 0 Å². The van der Waals surface area contributed by atoms with Crippen molar-refractivity contribution in [3.05, 3.63) is 51.6 Å². The number of thioether (sulfide) groups is 1. The number of aromatic nitrogens is 3. The molecule has 0 aliphatic carbocycles. The second-order valence-corrected chi connectivity index (χ2v) is 7.47. The Hall–Kier alpha value is -1.47. The lowest BCUT2D eigenvalue weighted by Gasteiger charge is -2.12. The van der Waals surface area contributed by atoms with E-state index in [1.54, 1.807) is 47.9 Å². The van der Waals surface area contributed by atoms with Crippen molar-refractivity contribution in [3.8, 4) is 0 Å². The van der Waals surface area contributed by atoms with Crippen molar-refractivity contribution >= 4 is 63.8 Å². The number of benzene rings is 1. The second kappa shape index (κ2) is 7.19. The number of para-hydroxylation sites is 1. The Morgan fingerprint density at radius 1 is 1.21 bits per heavy atom. The Bertz CT molecular complexity index is 915. The molecule has 1 amide bonds. The number of hydrogen-bond acceptors (Lipinski definition) is 4. The van der Waals surface area contributed by atoms with Crippen LogP contribution >= 0.6 is 46.6 Å². The predicted molar refractivity (Wildman–Crippen MR) is 98.4 cm³/mol. The third kappa shape index (κ3) is 3.62. The summed E-state index contributed by atoms with van der Waals surface area (Å²) in [5, 5.41) is 12.3. The summed E-state index contributed by atoms with van der Waals surface area (Å²) < 4.78 is 1.66. The largest absolute Gasteiger partial charge is 0.324 e. The molecule has 0 spiro atoms. The summed E-state index contributed by atoms with van der Waals surface area (Å²) in [6.07, 6.45) is 1.66. The highest BCUT2D eigenvalue weighted by atomic mass is 35.5. The normalized spacial score (nSPS) is 12.3. The number of fused-ring (bicyclic) bond motifs is 1. The van der Waals surface area contributed by atoms with E-state index in [-0.39, 0.29) is 5.91 Å². The highest BCUT2D eigenvalue weighted by Crippen LogP contribution is 2.28. The molecule has 1 unspecified atom stereocenters. The van der Waals surface area contributed by atoms with Gasteiger partial charge in [-0.3, -0.25) is 9.20 Å². The average Bonchev–Trinajstić information content (AvgIpc) is 2.92. The van der Waals surface area contributed by atoms with Crippen LogP contribution in [0.2, 0.25) is 15.1 Å². The van der Waals surface area contributed by atoms with Gasteiger partial charge in [0.05, 0.1) is 26.0 Å². The highest BCUT2D eigenvalue weighted by Gasteiger charge is 2.19. The van der Waals surface area contributed by atoms with Crippen molar-refractivity contribution in [2.75, 3.05) is 5.32 Å². The molecule has 0 radical (unpaired) electrons. The molecule has 5 nitrogen and oxygen atoms in total. The summed E-state index contributed by atoms with van der Waals surface area (Å²) >= 11 is 19.4. The van der Waals surface area contributed by atoms with Crippen LogP contribution < -0.4 is 5.32 Å². The smallest absolute Gasteiger partial charge is 0.237 e. The van der Waals surface area contributed by atoms with Crippen molar-refractivity contribution < 1.29 is 4.79 Å². The van der Waals surface area contributed by atoms with Gasteiger partial charge in [-0.2, -0.15) is 0 Å². The number of halogens is 3. The zero-order valence-electron chi connectivity index (χ0n) is 12.3. The van der Waals surface area contributed by atoms with Crippen LogP contribution in [-0.2, 0) is 4.79 Å². The molecule has 0 bridgehead atoms. The van der Waals surface area contributed by atoms with Crippen LogP contribution in [0.15, 0.2) is 41.7 Å². The van der Waals surface area contributed by atoms with E-state index in [4.69, 9.17) is 34.8 Å².